The molecule has 3 N–H and O–H groups in total. The summed E-state index contributed by atoms with van der Waals surface area (Å²) in [4.78, 5) is 15.4. The quantitative estimate of drug-likeness (QED) is 0.717. The fraction of sp³-hybridized carbons (Fsp3) is 0.111. The van der Waals surface area contributed by atoms with Crippen LogP contribution in [0.2, 0.25) is 0 Å². The standard InChI is InChI=1S/C18H17N3O3/c1-11(22)21-12-5-7-13(8-6-12)24-18-14-4-3-9-20-17(14)15(19)10-16(18)23-2/h3-10H,19H2,1-2H3,(H,21,22). The van der Waals surface area contributed by atoms with Crippen molar-refractivity contribution >= 4 is 28.2 Å². The smallest absolute Gasteiger partial charge is 0.221 e. The van der Waals surface area contributed by atoms with Crippen LogP contribution in [0.5, 0.6) is 17.2 Å². The van der Waals surface area contributed by atoms with Crippen LogP contribution in [0.3, 0.4) is 0 Å². The lowest BCUT2D eigenvalue weighted by atomic mass is 10.1. The molecule has 2 aromatic carbocycles. The van der Waals surface area contributed by atoms with Gasteiger partial charge in [0.15, 0.2) is 11.5 Å². The molecular formula is C18H17N3O3. The molecule has 0 saturated heterocycles. The van der Waals surface area contributed by atoms with Crippen molar-refractivity contribution in [2.45, 2.75) is 6.92 Å². The molecule has 0 saturated carbocycles. The third-order valence-corrected chi connectivity index (χ3v) is 3.45. The van der Waals surface area contributed by atoms with Gasteiger partial charge in [0.1, 0.15) is 5.75 Å². The summed E-state index contributed by atoms with van der Waals surface area (Å²) >= 11 is 0. The van der Waals surface area contributed by atoms with Gasteiger partial charge in [-0.1, -0.05) is 0 Å². The molecule has 24 heavy (non-hydrogen) atoms. The number of fused-ring (bicyclic) bond motifs is 1. The summed E-state index contributed by atoms with van der Waals surface area (Å²) in [6.07, 6.45) is 1.68. The van der Waals surface area contributed by atoms with E-state index < -0.39 is 0 Å². The molecule has 0 fully saturated rings. The Labute approximate surface area is 139 Å². The van der Waals surface area contributed by atoms with Crippen LogP contribution in [0.1, 0.15) is 6.92 Å². The van der Waals surface area contributed by atoms with Crippen molar-refractivity contribution in [3.8, 4) is 17.2 Å². The van der Waals surface area contributed by atoms with Gasteiger partial charge in [-0.25, -0.2) is 0 Å². The largest absolute Gasteiger partial charge is 0.493 e. The summed E-state index contributed by atoms with van der Waals surface area (Å²) in [5.74, 6) is 1.55. The Hall–Kier alpha value is -3.28. The molecular weight excluding hydrogens is 306 g/mol. The van der Waals surface area contributed by atoms with E-state index >= 15 is 0 Å². The Kier molecular flexibility index (Phi) is 4.20. The van der Waals surface area contributed by atoms with E-state index in [1.165, 1.54) is 6.92 Å². The number of hydrogen-bond acceptors (Lipinski definition) is 5. The molecule has 0 aliphatic heterocycles. The minimum atomic E-state index is -0.124. The van der Waals surface area contributed by atoms with E-state index in [9.17, 15) is 4.79 Å². The monoisotopic (exact) mass is 323 g/mol. The second kappa shape index (κ2) is 6.45. The first-order valence-electron chi connectivity index (χ1n) is 7.35. The van der Waals surface area contributed by atoms with Crippen LogP contribution in [0.4, 0.5) is 11.4 Å². The Morgan fingerprint density at radius 3 is 2.62 bits per heavy atom. The zero-order chi connectivity index (χ0) is 17.1. The molecule has 3 rings (SSSR count). The van der Waals surface area contributed by atoms with Crippen molar-refractivity contribution in [1.82, 2.24) is 4.98 Å². The first kappa shape index (κ1) is 15.6. The number of nitrogens with one attached hydrogen (secondary N) is 1. The third-order valence-electron chi connectivity index (χ3n) is 3.45. The van der Waals surface area contributed by atoms with Crippen LogP contribution in [0, 0.1) is 0 Å². The highest BCUT2D eigenvalue weighted by Crippen LogP contribution is 2.40. The number of aromatic nitrogens is 1. The van der Waals surface area contributed by atoms with Crippen LogP contribution in [-0.2, 0) is 4.79 Å². The molecule has 0 aliphatic rings. The zero-order valence-electron chi connectivity index (χ0n) is 13.4. The number of anilines is 2. The number of benzene rings is 2. The second-order valence-electron chi connectivity index (χ2n) is 5.20. The lowest BCUT2D eigenvalue weighted by molar-refractivity contribution is -0.114. The number of nitrogens with zero attached hydrogens (tertiary/aromatic N) is 1. The third kappa shape index (κ3) is 3.08. The Balaban J connectivity index is 2.00. The number of carbonyl (C=O) groups is 1. The fourth-order valence-corrected chi connectivity index (χ4v) is 2.41. The summed E-state index contributed by atoms with van der Waals surface area (Å²) in [6.45, 7) is 1.46. The van der Waals surface area contributed by atoms with Gasteiger partial charge >= 0.3 is 0 Å². The van der Waals surface area contributed by atoms with Crippen molar-refractivity contribution in [3.05, 3.63) is 48.7 Å². The van der Waals surface area contributed by atoms with Crippen LogP contribution >= 0.6 is 0 Å². The summed E-state index contributed by atoms with van der Waals surface area (Å²) in [5, 5.41) is 3.47. The molecule has 6 heteroatoms. The normalized spacial score (nSPS) is 10.4. The van der Waals surface area contributed by atoms with E-state index in [0.717, 1.165) is 5.39 Å². The maximum atomic E-state index is 11.1. The van der Waals surface area contributed by atoms with Gasteiger partial charge in [-0.2, -0.15) is 0 Å². The van der Waals surface area contributed by atoms with Crippen molar-refractivity contribution < 1.29 is 14.3 Å². The number of nitrogens with two attached hydrogens (primary N) is 1. The average Bonchev–Trinajstić information content (AvgIpc) is 2.58. The maximum Gasteiger partial charge on any atom is 0.221 e. The first-order valence-corrected chi connectivity index (χ1v) is 7.35. The highest BCUT2D eigenvalue weighted by Gasteiger charge is 2.14. The molecule has 0 unspecified atom stereocenters. The Morgan fingerprint density at radius 2 is 1.96 bits per heavy atom. The average molecular weight is 323 g/mol. The van der Waals surface area contributed by atoms with E-state index in [1.807, 2.05) is 12.1 Å². The molecule has 3 aromatic rings. The predicted molar refractivity (Wildman–Crippen MR) is 93.5 cm³/mol. The van der Waals surface area contributed by atoms with Crippen LogP contribution < -0.4 is 20.5 Å². The molecule has 0 atom stereocenters. The fourth-order valence-electron chi connectivity index (χ4n) is 2.41. The topological polar surface area (TPSA) is 86.5 Å². The zero-order valence-corrected chi connectivity index (χ0v) is 13.4. The van der Waals surface area contributed by atoms with Crippen molar-refractivity contribution in [3.63, 3.8) is 0 Å². The number of rotatable bonds is 4. The molecule has 0 radical (unpaired) electrons. The number of nitrogen functional groups attached to an aromatic ring is 1. The molecule has 1 aromatic heterocycles. The maximum absolute atomic E-state index is 11.1. The van der Waals surface area contributed by atoms with Gasteiger partial charge in [0.05, 0.1) is 18.3 Å². The molecule has 122 valence electrons. The van der Waals surface area contributed by atoms with E-state index in [-0.39, 0.29) is 5.91 Å². The summed E-state index contributed by atoms with van der Waals surface area (Å²) in [5.41, 5.74) is 7.90. The summed E-state index contributed by atoms with van der Waals surface area (Å²) < 4.78 is 11.4. The summed E-state index contributed by atoms with van der Waals surface area (Å²) in [7, 11) is 1.56. The Bertz CT molecular complexity index is 892. The van der Waals surface area contributed by atoms with Crippen LogP contribution in [0.25, 0.3) is 10.9 Å². The molecule has 6 nitrogen and oxygen atoms in total. The number of carbonyl (C=O) groups excluding carboxylic acids is 1. The van der Waals surface area contributed by atoms with Gasteiger partial charge in [-0.3, -0.25) is 9.78 Å². The van der Waals surface area contributed by atoms with E-state index in [0.29, 0.717) is 34.1 Å². The number of amides is 1. The van der Waals surface area contributed by atoms with E-state index in [4.69, 9.17) is 15.2 Å². The van der Waals surface area contributed by atoms with Crippen molar-refractivity contribution in [2.24, 2.45) is 0 Å². The van der Waals surface area contributed by atoms with Gasteiger partial charge in [0, 0.05) is 30.3 Å². The first-order chi connectivity index (χ1) is 11.6. The molecule has 0 aliphatic carbocycles. The highest BCUT2D eigenvalue weighted by atomic mass is 16.5. The van der Waals surface area contributed by atoms with Gasteiger partial charge in [0.2, 0.25) is 5.91 Å². The van der Waals surface area contributed by atoms with Crippen LogP contribution in [-0.4, -0.2) is 18.0 Å². The lowest BCUT2D eigenvalue weighted by Gasteiger charge is -2.14. The number of hydrogen-bond donors (Lipinski definition) is 2. The van der Waals surface area contributed by atoms with Gasteiger partial charge in [-0.15, -0.1) is 0 Å². The van der Waals surface area contributed by atoms with Crippen LogP contribution in [0.15, 0.2) is 48.7 Å². The highest BCUT2D eigenvalue weighted by molar-refractivity contribution is 5.96. The van der Waals surface area contributed by atoms with E-state index in [2.05, 4.69) is 10.3 Å². The predicted octanol–water partition coefficient (Wildman–Crippen LogP) is 3.58. The number of ether oxygens (including phenoxy) is 2. The Morgan fingerprint density at radius 1 is 1.21 bits per heavy atom. The molecule has 1 amide bonds. The molecule has 0 bridgehead atoms. The minimum absolute atomic E-state index is 0.124. The van der Waals surface area contributed by atoms with Gasteiger partial charge < -0.3 is 20.5 Å². The van der Waals surface area contributed by atoms with Gasteiger partial charge in [-0.05, 0) is 36.4 Å². The lowest BCUT2D eigenvalue weighted by Crippen LogP contribution is -2.05. The summed E-state index contributed by atoms with van der Waals surface area (Å²) in [6, 6.07) is 12.4. The van der Waals surface area contributed by atoms with Gasteiger partial charge in [0.25, 0.3) is 0 Å². The number of methoxy groups -OCH3 is 1. The second-order valence-corrected chi connectivity index (χ2v) is 5.20. The van der Waals surface area contributed by atoms with E-state index in [1.54, 1.807) is 43.6 Å². The van der Waals surface area contributed by atoms with Crippen molar-refractivity contribution in [2.75, 3.05) is 18.2 Å². The number of pyridine rings is 1. The minimum Gasteiger partial charge on any atom is -0.493 e. The van der Waals surface area contributed by atoms with Crippen molar-refractivity contribution in [1.29, 1.82) is 0 Å². The molecule has 1 heterocycles. The molecule has 0 spiro atoms. The SMILES string of the molecule is COc1cc(N)c2ncccc2c1Oc1ccc(NC(C)=O)cc1.